The number of H-pyrrole nitrogens is 1. The van der Waals surface area contributed by atoms with E-state index < -0.39 is 5.97 Å². The molecular weight excluding hydrogens is 238 g/mol. The van der Waals surface area contributed by atoms with E-state index in [1.54, 1.807) is 6.92 Å². The van der Waals surface area contributed by atoms with Crippen LogP contribution in [0.4, 0.5) is 0 Å². The molecule has 0 aliphatic rings. The predicted molar refractivity (Wildman–Crippen MR) is 62.5 cm³/mol. The number of hydrogen-bond acceptors (Lipinski definition) is 5. The van der Waals surface area contributed by atoms with Crippen LogP contribution in [0.3, 0.4) is 0 Å². The van der Waals surface area contributed by atoms with Gasteiger partial charge in [0.15, 0.2) is 5.65 Å². The molecule has 0 unspecified atom stereocenters. The fourth-order valence-electron chi connectivity index (χ4n) is 1.66. The molecule has 2 heterocycles. The third-order valence-corrected chi connectivity index (χ3v) is 2.37. The van der Waals surface area contributed by atoms with E-state index >= 15 is 0 Å². The highest BCUT2D eigenvalue weighted by Gasteiger charge is 2.16. The van der Waals surface area contributed by atoms with Gasteiger partial charge in [-0.1, -0.05) is 0 Å². The molecule has 2 rings (SSSR count). The topological polar surface area (TPSA) is 85.7 Å². The van der Waals surface area contributed by atoms with Gasteiger partial charge in [-0.15, -0.1) is 0 Å². The zero-order valence-corrected chi connectivity index (χ0v) is 10.1. The largest absolute Gasteiger partial charge is 0.462 e. The summed E-state index contributed by atoms with van der Waals surface area (Å²) in [4.78, 5) is 25.7. The molecule has 0 atom stereocenters. The zero-order valence-electron chi connectivity index (χ0n) is 10.1. The van der Waals surface area contributed by atoms with Crippen LogP contribution in [-0.4, -0.2) is 34.3 Å². The van der Waals surface area contributed by atoms with E-state index in [0.29, 0.717) is 11.3 Å². The number of carbonyl (C=O) groups excluding carboxylic acids is 1. The molecule has 1 N–H and O–H groups in total. The van der Waals surface area contributed by atoms with Gasteiger partial charge >= 0.3 is 5.97 Å². The molecule has 0 spiro atoms. The minimum Gasteiger partial charge on any atom is -0.462 e. The Labute approximate surface area is 102 Å². The quantitative estimate of drug-likeness (QED) is 0.792. The molecule has 0 saturated carbocycles. The number of nitrogens with one attached hydrogen (secondary N) is 1. The molecule has 2 aromatic rings. The van der Waals surface area contributed by atoms with E-state index in [9.17, 15) is 9.59 Å². The second-order valence-corrected chi connectivity index (χ2v) is 3.60. The van der Waals surface area contributed by atoms with Crippen molar-refractivity contribution in [1.29, 1.82) is 0 Å². The molecule has 0 fully saturated rings. The second-order valence-electron chi connectivity index (χ2n) is 3.60. The number of rotatable bonds is 4. The lowest BCUT2D eigenvalue weighted by Gasteiger charge is -2.03. The Morgan fingerprint density at radius 2 is 2.33 bits per heavy atom. The molecule has 2 aromatic heterocycles. The van der Waals surface area contributed by atoms with Crippen molar-refractivity contribution in [2.75, 3.05) is 13.7 Å². The summed E-state index contributed by atoms with van der Waals surface area (Å²) in [5.74, 6) is -0.516. The van der Waals surface area contributed by atoms with Gasteiger partial charge in [-0.2, -0.15) is 5.10 Å². The summed E-state index contributed by atoms with van der Waals surface area (Å²) >= 11 is 0. The normalized spacial score (nSPS) is 10.8. The molecule has 18 heavy (non-hydrogen) atoms. The maximum Gasteiger partial charge on any atom is 0.343 e. The first-order valence-corrected chi connectivity index (χ1v) is 5.43. The smallest absolute Gasteiger partial charge is 0.343 e. The molecule has 0 amide bonds. The summed E-state index contributed by atoms with van der Waals surface area (Å²) in [6, 6.07) is 1.37. The van der Waals surface area contributed by atoms with Crippen LogP contribution in [0.15, 0.2) is 17.1 Å². The Balaban J connectivity index is 2.59. The fraction of sp³-hybridized carbons (Fsp3) is 0.364. The van der Waals surface area contributed by atoms with Gasteiger partial charge in [0.1, 0.15) is 5.56 Å². The van der Waals surface area contributed by atoms with E-state index in [-0.39, 0.29) is 24.3 Å². The predicted octanol–water partition coefficient (Wildman–Crippen LogP) is 0.346. The van der Waals surface area contributed by atoms with Crippen molar-refractivity contribution in [3.63, 3.8) is 0 Å². The molecule has 0 radical (unpaired) electrons. The van der Waals surface area contributed by atoms with Gasteiger partial charge in [-0.05, 0) is 6.92 Å². The Hall–Kier alpha value is -2.15. The van der Waals surface area contributed by atoms with Crippen molar-refractivity contribution < 1.29 is 14.3 Å². The summed E-state index contributed by atoms with van der Waals surface area (Å²) in [7, 11) is 1.52. The van der Waals surface area contributed by atoms with Crippen LogP contribution in [0, 0.1) is 0 Å². The number of fused-ring (bicyclic) bond motifs is 1. The van der Waals surface area contributed by atoms with Crippen molar-refractivity contribution in [1.82, 2.24) is 14.6 Å². The number of hydrogen-bond donors (Lipinski definition) is 1. The molecule has 7 nitrogen and oxygen atoms in total. The molecule has 96 valence electrons. The third-order valence-electron chi connectivity index (χ3n) is 2.37. The number of aromatic amines is 1. The zero-order chi connectivity index (χ0) is 13.1. The van der Waals surface area contributed by atoms with Gasteiger partial charge in [0.25, 0.3) is 5.56 Å². The summed E-state index contributed by atoms with van der Waals surface area (Å²) < 4.78 is 11.3. The van der Waals surface area contributed by atoms with Crippen LogP contribution in [0.2, 0.25) is 0 Å². The van der Waals surface area contributed by atoms with E-state index in [2.05, 4.69) is 10.1 Å². The monoisotopic (exact) mass is 251 g/mol. The molecule has 0 aliphatic carbocycles. The van der Waals surface area contributed by atoms with Crippen LogP contribution >= 0.6 is 0 Å². The number of ether oxygens (including phenoxy) is 2. The van der Waals surface area contributed by atoms with Crippen molar-refractivity contribution in [3.8, 4) is 0 Å². The van der Waals surface area contributed by atoms with E-state index in [0.717, 1.165) is 0 Å². The summed E-state index contributed by atoms with van der Waals surface area (Å²) in [6.45, 7) is 2.20. The van der Waals surface area contributed by atoms with Gasteiger partial charge in [0.2, 0.25) is 0 Å². The van der Waals surface area contributed by atoms with Gasteiger partial charge in [-0.3, -0.25) is 4.79 Å². The van der Waals surface area contributed by atoms with Crippen LogP contribution in [0.5, 0.6) is 0 Å². The Kier molecular flexibility index (Phi) is 3.42. The highest BCUT2D eigenvalue weighted by Crippen LogP contribution is 2.10. The van der Waals surface area contributed by atoms with Crippen LogP contribution in [-0.2, 0) is 16.1 Å². The van der Waals surface area contributed by atoms with Gasteiger partial charge in [0, 0.05) is 13.2 Å². The minimum atomic E-state index is -0.516. The van der Waals surface area contributed by atoms with Crippen LogP contribution in [0.25, 0.3) is 5.65 Å². The summed E-state index contributed by atoms with van der Waals surface area (Å²) in [5.41, 5.74) is 0.785. The van der Waals surface area contributed by atoms with E-state index in [1.807, 2.05) is 0 Å². The molecular formula is C11H13N3O4. The highest BCUT2D eigenvalue weighted by atomic mass is 16.5. The standard InChI is InChI=1S/C11H13N3O4/c1-3-18-11(16)8-5-12-14-7(6-17-2)4-9(15)13-10(8)14/h4-5H,3,6H2,1-2H3,(H,13,15). The lowest BCUT2D eigenvalue weighted by atomic mass is 10.3. The first kappa shape index (κ1) is 12.3. The van der Waals surface area contributed by atoms with Gasteiger partial charge < -0.3 is 14.5 Å². The number of esters is 1. The summed E-state index contributed by atoms with van der Waals surface area (Å²) in [6.07, 6.45) is 1.36. The first-order valence-electron chi connectivity index (χ1n) is 5.43. The number of aromatic nitrogens is 3. The highest BCUT2D eigenvalue weighted by molar-refractivity contribution is 5.95. The lowest BCUT2D eigenvalue weighted by molar-refractivity contribution is 0.0528. The van der Waals surface area contributed by atoms with Crippen LogP contribution in [0.1, 0.15) is 23.0 Å². The van der Waals surface area contributed by atoms with Crippen molar-refractivity contribution >= 4 is 11.6 Å². The molecule has 0 aromatic carbocycles. The second kappa shape index (κ2) is 5.01. The van der Waals surface area contributed by atoms with Crippen LogP contribution < -0.4 is 5.56 Å². The maximum atomic E-state index is 11.7. The summed E-state index contributed by atoms with van der Waals surface area (Å²) in [5, 5.41) is 4.05. The Bertz CT molecular complexity index is 629. The Morgan fingerprint density at radius 1 is 1.56 bits per heavy atom. The van der Waals surface area contributed by atoms with E-state index in [1.165, 1.54) is 23.9 Å². The van der Waals surface area contributed by atoms with Crippen molar-refractivity contribution in [3.05, 3.63) is 33.9 Å². The SMILES string of the molecule is CCOC(=O)c1cnn2c(COC)cc(=O)[nH]c12. The molecule has 7 heteroatoms. The van der Waals surface area contributed by atoms with E-state index in [4.69, 9.17) is 9.47 Å². The Morgan fingerprint density at radius 3 is 3.00 bits per heavy atom. The van der Waals surface area contributed by atoms with Crippen molar-refractivity contribution in [2.45, 2.75) is 13.5 Å². The lowest BCUT2D eigenvalue weighted by Crippen LogP contribution is -2.14. The molecule has 0 aliphatic heterocycles. The molecule has 0 bridgehead atoms. The number of carbonyl (C=O) groups is 1. The average Bonchev–Trinajstić information content (AvgIpc) is 2.73. The third kappa shape index (κ3) is 2.12. The molecule has 0 saturated heterocycles. The fourth-order valence-corrected chi connectivity index (χ4v) is 1.66. The van der Waals surface area contributed by atoms with Gasteiger partial charge in [-0.25, -0.2) is 9.31 Å². The minimum absolute atomic E-state index is 0.227. The van der Waals surface area contributed by atoms with Crippen molar-refractivity contribution in [2.24, 2.45) is 0 Å². The van der Waals surface area contributed by atoms with Gasteiger partial charge in [0.05, 0.1) is 25.1 Å². The average molecular weight is 251 g/mol. The number of methoxy groups -OCH3 is 1. The first-order chi connectivity index (χ1) is 8.67. The maximum absolute atomic E-state index is 11.7. The number of nitrogens with zero attached hydrogens (tertiary/aromatic N) is 2.